The minimum Gasteiger partial charge on any atom is -0.508 e. The first-order valence-electron chi connectivity index (χ1n) is 7.79. The summed E-state index contributed by atoms with van der Waals surface area (Å²) < 4.78 is 0. The van der Waals surface area contributed by atoms with Crippen molar-refractivity contribution in [3.05, 3.63) is 47.3 Å². The molecule has 2 N–H and O–H groups in total. The van der Waals surface area contributed by atoms with Gasteiger partial charge >= 0.3 is 0 Å². The maximum atomic E-state index is 9.93. The molecule has 1 atom stereocenters. The van der Waals surface area contributed by atoms with Gasteiger partial charge < -0.3 is 5.11 Å². The second-order valence-corrected chi connectivity index (χ2v) is 5.87. The van der Waals surface area contributed by atoms with E-state index < -0.39 is 0 Å². The van der Waals surface area contributed by atoms with E-state index in [1.165, 1.54) is 24.1 Å². The maximum Gasteiger partial charge on any atom is 0.120 e. The highest BCUT2D eigenvalue weighted by Gasteiger charge is 2.24. The summed E-state index contributed by atoms with van der Waals surface area (Å²) >= 11 is 0. The summed E-state index contributed by atoms with van der Waals surface area (Å²) in [6, 6.07) is 7.63. The molecule has 0 aliphatic carbocycles. The summed E-state index contributed by atoms with van der Waals surface area (Å²) in [6.45, 7) is 5.12. The van der Waals surface area contributed by atoms with Gasteiger partial charge in [0, 0.05) is 30.3 Å². The molecule has 1 aliphatic heterocycles. The molecule has 21 heavy (non-hydrogen) atoms. The van der Waals surface area contributed by atoms with E-state index in [-0.39, 0.29) is 0 Å². The Labute approximate surface area is 125 Å². The number of para-hydroxylation sites is 1. The summed E-state index contributed by atoms with van der Waals surface area (Å²) in [7, 11) is 0. The SMILES string of the molecule is CCc1cn[nH]c1[C@H]1CCCN(Cc2ccccc2O)C1. The quantitative estimate of drug-likeness (QED) is 0.907. The fraction of sp³-hybridized carbons (Fsp3) is 0.471. The predicted molar refractivity (Wildman–Crippen MR) is 83.3 cm³/mol. The summed E-state index contributed by atoms with van der Waals surface area (Å²) in [5.74, 6) is 0.928. The van der Waals surface area contributed by atoms with Crippen molar-refractivity contribution >= 4 is 0 Å². The first kappa shape index (κ1) is 14.1. The molecule has 0 bridgehead atoms. The van der Waals surface area contributed by atoms with Crippen molar-refractivity contribution in [2.45, 2.75) is 38.6 Å². The molecule has 0 amide bonds. The zero-order valence-corrected chi connectivity index (χ0v) is 12.5. The monoisotopic (exact) mass is 285 g/mol. The number of aromatic amines is 1. The van der Waals surface area contributed by atoms with E-state index in [0.29, 0.717) is 11.7 Å². The standard InChI is InChI=1S/C17H23N3O/c1-2-13-10-18-19-17(13)15-7-5-9-20(12-15)11-14-6-3-4-8-16(14)21/h3-4,6,8,10,15,21H,2,5,7,9,11-12H2,1H3,(H,18,19)/t15-/m0/s1. The number of hydrogen-bond donors (Lipinski definition) is 2. The molecule has 2 heterocycles. The van der Waals surface area contributed by atoms with Crippen molar-refractivity contribution in [3.8, 4) is 5.75 Å². The van der Waals surface area contributed by atoms with Crippen LogP contribution in [-0.4, -0.2) is 33.3 Å². The van der Waals surface area contributed by atoms with Gasteiger partial charge in [-0.25, -0.2) is 0 Å². The van der Waals surface area contributed by atoms with Crippen molar-refractivity contribution in [1.29, 1.82) is 0 Å². The first-order valence-corrected chi connectivity index (χ1v) is 7.79. The Bertz CT molecular complexity index is 593. The number of aromatic hydroxyl groups is 1. The lowest BCUT2D eigenvalue weighted by Crippen LogP contribution is -2.34. The van der Waals surface area contributed by atoms with Crippen LogP contribution >= 0.6 is 0 Å². The predicted octanol–water partition coefficient (Wildman–Crippen LogP) is 3.06. The van der Waals surface area contributed by atoms with E-state index in [4.69, 9.17) is 0 Å². The molecular formula is C17H23N3O. The summed E-state index contributed by atoms with van der Waals surface area (Å²) in [4.78, 5) is 2.43. The number of aryl methyl sites for hydroxylation is 1. The molecular weight excluding hydrogens is 262 g/mol. The number of phenols is 1. The number of piperidine rings is 1. The van der Waals surface area contributed by atoms with Crippen molar-refractivity contribution in [2.24, 2.45) is 0 Å². The van der Waals surface area contributed by atoms with E-state index in [1.807, 2.05) is 24.4 Å². The molecule has 3 rings (SSSR count). The Kier molecular flexibility index (Phi) is 4.25. The Hall–Kier alpha value is -1.81. The lowest BCUT2D eigenvalue weighted by Gasteiger charge is -2.32. The second kappa shape index (κ2) is 6.31. The third-order valence-electron chi connectivity index (χ3n) is 4.43. The maximum absolute atomic E-state index is 9.93. The zero-order valence-electron chi connectivity index (χ0n) is 12.5. The number of rotatable bonds is 4. The molecule has 2 aromatic rings. The van der Waals surface area contributed by atoms with Crippen molar-refractivity contribution in [2.75, 3.05) is 13.1 Å². The molecule has 1 fully saturated rings. The Morgan fingerprint density at radius 1 is 1.33 bits per heavy atom. The van der Waals surface area contributed by atoms with Crippen molar-refractivity contribution in [1.82, 2.24) is 15.1 Å². The topological polar surface area (TPSA) is 52.2 Å². The molecule has 0 unspecified atom stereocenters. The van der Waals surface area contributed by atoms with Crippen LogP contribution in [0.3, 0.4) is 0 Å². The van der Waals surface area contributed by atoms with Crippen LogP contribution < -0.4 is 0 Å². The molecule has 4 heteroatoms. The van der Waals surface area contributed by atoms with Gasteiger partial charge in [-0.15, -0.1) is 0 Å². The van der Waals surface area contributed by atoms with Crippen LogP contribution in [0.4, 0.5) is 0 Å². The fourth-order valence-electron chi connectivity index (χ4n) is 3.28. The van der Waals surface area contributed by atoms with E-state index >= 15 is 0 Å². The lowest BCUT2D eigenvalue weighted by molar-refractivity contribution is 0.196. The van der Waals surface area contributed by atoms with Gasteiger partial charge in [0.25, 0.3) is 0 Å². The minimum absolute atomic E-state index is 0.399. The lowest BCUT2D eigenvalue weighted by atomic mass is 9.91. The highest BCUT2D eigenvalue weighted by atomic mass is 16.3. The van der Waals surface area contributed by atoms with Crippen LogP contribution in [0, 0.1) is 0 Å². The number of H-pyrrole nitrogens is 1. The van der Waals surface area contributed by atoms with Crippen LogP contribution in [0.1, 0.15) is 42.5 Å². The van der Waals surface area contributed by atoms with Gasteiger partial charge in [0.05, 0.1) is 6.20 Å². The Morgan fingerprint density at radius 2 is 2.19 bits per heavy atom. The molecule has 0 spiro atoms. The van der Waals surface area contributed by atoms with Gasteiger partial charge in [-0.3, -0.25) is 10.00 Å². The molecule has 1 aromatic carbocycles. The average Bonchev–Trinajstić information content (AvgIpc) is 2.98. The van der Waals surface area contributed by atoms with E-state index in [9.17, 15) is 5.11 Å². The van der Waals surface area contributed by atoms with Gasteiger partial charge in [-0.1, -0.05) is 25.1 Å². The minimum atomic E-state index is 0.399. The van der Waals surface area contributed by atoms with Gasteiger partial charge in [-0.05, 0) is 37.4 Å². The molecule has 1 saturated heterocycles. The molecule has 0 saturated carbocycles. The second-order valence-electron chi connectivity index (χ2n) is 5.87. The van der Waals surface area contributed by atoms with Gasteiger partial charge in [0.2, 0.25) is 0 Å². The van der Waals surface area contributed by atoms with Gasteiger partial charge in [-0.2, -0.15) is 5.10 Å². The van der Waals surface area contributed by atoms with Crippen LogP contribution in [0.25, 0.3) is 0 Å². The number of hydrogen-bond acceptors (Lipinski definition) is 3. The number of aromatic nitrogens is 2. The fourth-order valence-corrected chi connectivity index (χ4v) is 3.28. The third kappa shape index (κ3) is 3.10. The first-order chi connectivity index (χ1) is 10.3. The third-order valence-corrected chi connectivity index (χ3v) is 4.43. The molecule has 0 radical (unpaired) electrons. The number of phenolic OH excluding ortho intramolecular Hbond substituents is 1. The van der Waals surface area contributed by atoms with Crippen LogP contribution in [-0.2, 0) is 13.0 Å². The smallest absolute Gasteiger partial charge is 0.120 e. The summed E-state index contributed by atoms with van der Waals surface area (Å²) in [6.07, 6.45) is 5.39. The molecule has 1 aromatic heterocycles. The summed E-state index contributed by atoms with van der Waals surface area (Å²) in [5, 5.41) is 17.3. The number of likely N-dealkylation sites (tertiary alicyclic amines) is 1. The number of benzene rings is 1. The van der Waals surface area contributed by atoms with E-state index in [0.717, 1.165) is 31.6 Å². The highest BCUT2D eigenvalue weighted by molar-refractivity contribution is 5.31. The number of nitrogens with one attached hydrogen (secondary N) is 1. The van der Waals surface area contributed by atoms with Crippen LogP contribution in [0.2, 0.25) is 0 Å². The largest absolute Gasteiger partial charge is 0.508 e. The zero-order chi connectivity index (χ0) is 14.7. The highest BCUT2D eigenvalue weighted by Crippen LogP contribution is 2.29. The van der Waals surface area contributed by atoms with Gasteiger partial charge in [0.15, 0.2) is 0 Å². The Balaban J connectivity index is 1.70. The van der Waals surface area contributed by atoms with Gasteiger partial charge in [0.1, 0.15) is 5.75 Å². The molecule has 112 valence electrons. The molecule has 1 aliphatic rings. The Morgan fingerprint density at radius 3 is 3.00 bits per heavy atom. The molecule has 4 nitrogen and oxygen atoms in total. The van der Waals surface area contributed by atoms with E-state index in [1.54, 1.807) is 6.07 Å². The van der Waals surface area contributed by atoms with Crippen LogP contribution in [0.5, 0.6) is 5.75 Å². The summed E-state index contributed by atoms with van der Waals surface area (Å²) in [5.41, 5.74) is 3.65. The average molecular weight is 285 g/mol. The van der Waals surface area contributed by atoms with E-state index in [2.05, 4.69) is 22.0 Å². The van der Waals surface area contributed by atoms with Crippen molar-refractivity contribution in [3.63, 3.8) is 0 Å². The van der Waals surface area contributed by atoms with Crippen molar-refractivity contribution < 1.29 is 5.11 Å². The van der Waals surface area contributed by atoms with Crippen LogP contribution in [0.15, 0.2) is 30.5 Å². The normalized spacial score (nSPS) is 19.8. The number of nitrogens with zero attached hydrogens (tertiary/aromatic N) is 2.